The molecular weight excluding hydrogens is 230 g/mol. The number of ether oxygens (including phenoxy) is 2. The van der Waals surface area contributed by atoms with Gasteiger partial charge in [-0.05, 0) is 51.5 Å². The molecule has 0 bridgehead atoms. The molecule has 0 aromatic heterocycles. The van der Waals surface area contributed by atoms with E-state index in [0.717, 1.165) is 17.0 Å². The number of anilines is 1. The summed E-state index contributed by atoms with van der Waals surface area (Å²) in [6.07, 6.45) is 0. The van der Waals surface area contributed by atoms with E-state index in [1.54, 1.807) is 7.11 Å². The maximum atomic E-state index is 11.5. The first-order valence-electron chi connectivity index (χ1n) is 5.92. The molecule has 0 saturated carbocycles. The van der Waals surface area contributed by atoms with Crippen molar-refractivity contribution in [2.75, 3.05) is 19.0 Å². The maximum Gasteiger partial charge on any atom is 0.325 e. The number of rotatable bonds is 4. The van der Waals surface area contributed by atoms with Gasteiger partial charge in [0.05, 0.1) is 7.11 Å². The number of carbonyl (C=O) groups is 1. The van der Waals surface area contributed by atoms with E-state index < -0.39 is 5.60 Å². The first kappa shape index (κ1) is 14.4. The second-order valence-electron chi connectivity index (χ2n) is 5.12. The summed E-state index contributed by atoms with van der Waals surface area (Å²) in [4.78, 5) is 11.5. The molecule has 0 amide bonds. The van der Waals surface area contributed by atoms with Crippen LogP contribution in [0, 0.1) is 6.92 Å². The quantitative estimate of drug-likeness (QED) is 0.836. The van der Waals surface area contributed by atoms with E-state index in [4.69, 9.17) is 9.47 Å². The molecule has 0 fully saturated rings. The zero-order valence-corrected chi connectivity index (χ0v) is 11.7. The lowest BCUT2D eigenvalue weighted by molar-refractivity contribution is -0.152. The Labute approximate surface area is 108 Å². The van der Waals surface area contributed by atoms with Gasteiger partial charge < -0.3 is 14.8 Å². The standard InChI is InChI=1S/C14H21NO3/c1-10-8-11(6-7-12(10)17-5)15-9-13(16)18-14(2,3)4/h6-8,15H,9H2,1-5H3. The molecular formula is C14H21NO3. The molecule has 1 rings (SSSR count). The van der Waals surface area contributed by atoms with Gasteiger partial charge in [-0.15, -0.1) is 0 Å². The van der Waals surface area contributed by atoms with Crippen molar-refractivity contribution in [3.8, 4) is 5.75 Å². The smallest absolute Gasteiger partial charge is 0.325 e. The number of esters is 1. The molecule has 18 heavy (non-hydrogen) atoms. The van der Waals surface area contributed by atoms with Gasteiger partial charge in [0, 0.05) is 5.69 Å². The highest BCUT2D eigenvalue weighted by atomic mass is 16.6. The third-order valence-electron chi connectivity index (χ3n) is 2.25. The fraction of sp³-hybridized carbons (Fsp3) is 0.500. The van der Waals surface area contributed by atoms with Crippen LogP contribution in [0.4, 0.5) is 5.69 Å². The Hall–Kier alpha value is -1.71. The molecule has 0 radical (unpaired) electrons. The highest BCUT2D eigenvalue weighted by molar-refractivity contribution is 5.75. The minimum absolute atomic E-state index is 0.156. The van der Waals surface area contributed by atoms with Crippen molar-refractivity contribution in [1.29, 1.82) is 0 Å². The first-order valence-corrected chi connectivity index (χ1v) is 5.92. The van der Waals surface area contributed by atoms with E-state index in [0.29, 0.717) is 0 Å². The third kappa shape index (κ3) is 4.65. The van der Waals surface area contributed by atoms with Crippen LogP contribution < -0.4 is 10.1 Å². The van der Waals surface area contributed by atoms with Crippen LogP contribution in [0.3, 0.4) is 0 Å². The number of methoxy groups -OCH3 is 1. The first-order chi connectivity index (χ1) is 8.31. The van der Waals surface area contributed by atoms with Crippen LogP contribution in [0.1, 0.15) is 26.3 Å². The molecule has 1 aromatic carbocycles. The largest absolute Gasteiger partial charge is 0.496 e. The minimum Gasteiger partial charge on any atom is -0.496 e. The predicted molar refractivity (Wildman–Crippen MR) is 72.1 cm³/mol. The van der Waals surface area contributed by atoms with Crippen LogP contribution in [0.5, 0.6) is 5.75 Å². The lowest BCUT2D eigenvalue weighted by Crippen LogP contribution is -2.28. The van der Waals surface area contributed by atoms with Gasteiger partial charge in [-0.1, -0.05) is 0 Å². The van der Waals surface area contributed by atoms with Gasteiger partial charge in [-0.2, -0.15) is 0 Å². The average molecular weight is 251 g/mol. The predicted octanol–water partition coefficient (Wildman–Crippen LogP) is 2.76. The van der Waals surface area contributed by atoms with Crippen molar-refractivity contribution in [3.63, 3.8) is 0 Å². The van der Waals surface area contributed by atoms with Crippen LogP contribution >= 0.6 is 0 Å². The van der Waals surface area contributed by atoms with E-state index in [2.05, 4.69) is 5.32 Å². The molecule has 100 valence electrons. The SMILES string of the molecule is COc1ccc(NCC(=O)OC(C)(C)C)cc1C. The number of benzene rings is 1. The molecule has 4 nitrogen and oxygen atoms in total. The summed E-state index contributed by atoms with van der Waals surface area (Å²) < 4.78 is 10.4. The Morgan fingerprint density at radius 2 is 2.00 bits per heavy atom. The van der Waals surface area contributed by atoms with Crippen molar-refractivity contribution in [2.24, 2.45) is 0 Å². The highest BCUT2D eigenvalue weighted by Crippen LogP contribution is 2.21. The van der Waals surface area contributed by atoms with Crippen LogP contribution in [-0.4, -0.2) is 25.2 Å². The van der Waals surface area contributed by atoms with Crippen molar-refractivity contribution in [1.82, 2.24) is 0 Å². The second-order valence-corrected chi connectivity index (χ2v) is 5.12. The average Bonchev–Trinajstić information content (AvgIpc) is 2.24. The van der Waals surface area contributed by atoms with Crippen LogP contribution in [0.25, 0.3) is 0 Å². The molecule has 0 saturated heterocycles. The van der Waals surface area contributed by atoms with E-state index >= 15 is 0 Å². The molecule has 0 aliphatic carbocycles. The van der Waals surface area contributed by atoms with Crippen molar-refractivity contribution in [2.45, 2.75) is 33.3 Å². The molecule has 0 spiro atoms. The van der Waals surface area contributed by atoms with E-state index in [1.807, 2.05) is 45.9 Å². The molecule has 0 aliphatic rings. The zero-order valence-electron chi connectivity index (χ0n) is 11.7. The molecule has 1 N–H and O–H groups in total. The Morgan fingerprint density at radius 1 is 1.33 bits per heavy atom. The fourth-order valence-electron chi connectivity index (χ4n) is 1.54. The number of carbonyl (C=O) groups excluding carboxylic acids is 1. The third-order valence-corrected chi connectivity index (χ3v) is 2.25. The van der Waals surface area contributed by atoms with Crippen molar-refractivity contribution >= 4 is 11.7 Å². The fourth-order valence-corrected chi connectivity index (χ4v) is 1.54. The lowest BCUT2D eigenvalue weighted by Gasteiger charge is -2.19. The van der Waals surface area contributed by atoms with E-state index in [1.165, 1.54) is 0 Å². The maximum absolute atomic E-state index is 11.5. The van der Waals surface area contributed by atoms with E-state index in [-0.39, 0.29) is 12.5 Å². The van der Waals surface area contributed by atoms with Gasteiger partial charge in [0.15, 0.2) is 0 Å². The molecule has 0 heterocycles. The normalized spacial score (nSPS) is 10.9. The summed E-state index contributed by atoms with van der Waals surface area (Å²) in [5, 5.41) is 3.03. The molecule has 0 aliphatic heterocycles. The van der Waals surface area contributed by atoms with Crippen LogP contribution in [-0.2, 0) is 9.53 Å². The molecule has 0 atom stereocenters. The van der Waals surface area contributed by atoms with Gasteiger partial charge in [0.25, 0.3) is 0 Å². The van der Waals surface area contributed by atoms with Gasteiger partial charge in [-0.25, -0.2) is 0 Å². The van der Waals surface area contributed by atoms with Gasteiger partial charge in [-0.3, -0.25) is 4.79 Å². The number of hydrogen-bond acceptors (Lipinski definition) is 4. The summed E-state index contributed by atoms with van der Waals surface area (Å²) in [5.74, 6) is 0.564. The molecule has 0 unspecified atom stereocenters. The van der Waals surface area contributed by atoms with Crippen molar-refractivity contribution < 1.29 is 14.3 Å². The summed E-state index contributed by atoms with van der Waals surface area (Å²) in [6, 6.07) is 5.67. The summed E-state index contributed by atoms with van der Waals surface area (Å²) in [7, 11) is 1.64. The van der Waals surface area contributed by atoms with Crippen LogP contribution in [0.15, 0.2) is 18.2 Å². The zero-order chi connectivity index (χ0) is 13.8. The highest BCUT2D eigenvalue weighted by Gasteiger charge is 2.15. The second kappa shape index (κ2) is 5.76. The van der Waals surface area contributed by atoms with Gasteiger partial charge in [0.1, 0.15) is 17.9 Å². The van der Waals surface area contributed by atoms with Crippen LogP contribution in [0.2, 0.25) is 0 Å². The lowest BCUT2D eigenvalue weighted by atomic mass is 10.2. The monoisotopic (exact) mass is 251 g/mol. The number of aryl methyl sites for hydroxylation is 1. The summed E-state index contributed by atoms with van der Waals surface area (Å²) in [5.41, 5.74) is 1.44. The molecule has 4 heteroatoms. The van der Waals surface area contributed by atoms with E-state index in [9.17, 15) is 4.79 Å². The minimum atomic E-state index is -0.450. The number of nitrogens with one attached hydrogen (secondary N) is 1. The summed E-state index contributed by atoms with van der Waals surface area (Å²) in [6.45, 7) is 7.66. The Balaban J connectivity index is 2.54. The molecule has 1 aromatic rings. The topological polar surface area (TPSA) is 47.6 Å². The Bertz CT molecular complexity index is 422. The van der Waals surface area contributed by atoms with Gasteiger partial charge in [0.2, 0.25) is 0 Å². The Kier molecular flexibility index (Phi) is 4.59. The number of hydrogen-bond donors (Lipinski definition) is 1. The summed E-state index contributed by atoms with van der Waals surface area (Å²) >= 11 is 0. The van der Waals surface area contributed by atoms with Crippen molar-refractivity contribution in [3.05, 3.63) is 23.8 Å². The Morgan fingerprint density at radius 3 is 2.50 bits per heavy atom. The van der Waals surface area contributed by atoms with Gasteiger partial charge >= 0.3 is 5.97 Å².